The van der Waals surface area contributed by atoms with Crippen molar-refractivity contribution < 1.29 is 14.8 Å². The highest BCUT2D eigenvalue weighted by molar-refractivity contribution is 5.96. The van der Waals surface area contributed by atoms with E-state index in [1.165, 1.54) is 31.2 Å². The van der Waals surface area contributed by atoms with E-state index in [4.69, 9.17) is 10.4 Å². The molecular formula is C11H8N2O4. The number of carbonyl (C=O) groups is 1. The first-order chi connectivity index (χ1) is 7.97. The van der Waals surface area contributed by atoms with Crippen LogP contribution in [-0.2, 0) is 4.79 Å². The number of carboxylic acid groups (broad SMARTS) is 1. The lowest BCUT2D eigenvalue weighted by Crippen LogP contribution is -1.99. The zero-order valence-corrected chi connectivity index (χ0v) is 8.88. The summed E-state index contributed by atoms with van der Waals surface area (Å²) in [5.74, 6) is -1.36. The Bertz CT molecular complexity index is 555. The van der Waals surface area contributed by atoms with Crippen LogP contribution in [-0.4, -0.2) is 16.0 Å². The van der Waals surface area contributed by atoms with Gasteiger partial charge in [0.15, 0.2) is 0 Å². The van der Waals surface area contributed by atoms with Crippen molar-refractivity contribution in [2.24, 2.45) is 0 Å². The van der Waals surface area contributed by atoms with Gasteiger partial charge < -0.3 is 5.11 Å². The average Bonchev–Trinajstić information content (AvgIpc) is 2.26. The molecule has 0 fully saturated rings. The van der Waals surface area contributed by atoms with E-state index in [1.54, 1.807) is 0 Å². The van der Waals surface area contributed by atoms with Gasteiger partial charge in [0.2, 0.25) is 0 Å². The molecule has 0 heterocycles. The Hall–Kier alpha value is -2.68. The number of hydrogen-bond acceptors (Lipinski definition) is 4. The number of hydrogen-bond donors (Lipinski definition) is 1. The van der Waals surface area contributed by atoms with E-state index in [2.05, 4.69) is 0 Å². The number of nitrogens with zero attached hydrogens (tertiary/aromatic N) is 2. The van der Waals surface area contributed by atoms with Crippen molar-refractivity contribution in [3.63, 3.8) is 0 Å². The largest absolute Gasteiger partial charge is 0.477 e. The molecule has 6 nitrogen and oxygen atoms in total. The van der Waals surface area contributed by atoms with Crippen LogP contribution in [0.1, 0.15) is 11.1 Å². The molecule has 86 valence electrons. The summed E-state index contributed by atoms with van der Waals surface area (Å²) < 4.78 is 0. The van der Waals surface area contributed by atoms with Crippen molar-refractivity contribution in [1.29, 1.82) is 5.26 Å². The number of nitro groups is 1. The van der Waals surface area contributed by atoms with Crippen LogP contribution in [0.2, 0.25) is 0 Å². The highest BCUT2D eigenvalue weighted by atomic mass is 16.6. The number of aliphatic carboxylic acids is 1. The summed E-state index contributed by atoms with van der Waals surface area (Å²) in [6.45, 7) is 1.50. The number of benzene rings is 1. The van der Waals surface area contributed by atoms with E-state index in [-0.39, 0.29) is 5.69 Å². The molecule has 0 bridgehead atoms. The first-order valence-corrected chi connectivity index (χ1v) is 4.56. The first-order valence-electron chi connectivity index (χ1n) is 4.56. The van der Waals surface area contributed by atoms with E-state index in [0.29, 0.717) is 11.1 Å². The third-order valence-corrected chi connectivity index (χ3v) is 2.19. The molecule has 0 aliphatic heterocycles. The van der Waals surface area contributed by atoms with Crippen LogP contribution in [0.25, 0.3) is 6.08 Å². The molecule has 0 aromatic heterocycles. The number of carboxylic acids is 1. The average molecular weight is 232 g/mol. The Morgan fingerprint density at radius 3 is 2.71 bits per heavy atom. The molecule has 17 heavy (non-hydrogen) atoms. The van der Waals surface area contributed by atoms with Crippen LogP contribution in [0.15, 0.2) is 23.8 Å². The second-order valence-corrected chi connectivity index (χ2v) is 3.22. The van der Waals surface area contributed by atoms with Gasteiger partial charge in [-0.15, -0.1) is 0 Å². The fourth-order valence-electron chi connectivity index (χ4n) is 1.29. The van der Waals surface area contributed by atoms with Crippen molar-refractivity contribution in [2.75, 3.05) is 0 Å². The lowest BCUT2D eigenvalue weighted by atomic mass is 10.0. The molecule has 0 spiro atoms. The van der Waals surface area contributed by atoms with Crippen LogP contribution in [0.5, 0.6) is 0 Å². The third kappa shape index (κ3) is 2.66. The Kier molecular flexibility index (Phi) is 3.57. The maximum atomic E-state index is 10.7. The molecule has 1 rings (SSSR count). The molecule has 1 aromatic carbocycles. The van der Waals surface area contributed by atoms with Crippen molar-refractivity contribution in [3.8, 4) is 6.07 Å². The summed E-state index contributed by atoms with van der Waals surface area (Å²) in [5.41, 5.74) is 0.0969. The number of rotatable bonds is 3. The van der Waals surface area contributed by atoms with Crippen molar-refractivity contribution >= 4 is 17.7 Å². The number of nitro benzene ring substituents is 1. The summed E-state index contributed by atoms with van der Waals surface area (Å²) in [5, 5.41) is 27.9. The van der Waals surface area contributed by atoms with Gasteiger partial charge in [-0.25, -0.2) is 4.79 Å². The molecule has 6 heteroatoms. The van der Waals surface area contributed by atoms with Gasteiger partial charge in [-0.1, -0.05) is 12.1 Å². The summed E-state index contributed by atoms with van der Waals surface area (Å²) in [6, 6.07) is 5.79. The standard InChI is InChI=1S/C11H8N2O4/c1-7-8(5-9(6-12)11(14)15)3-2-4-10(7)13(16)17/h2-5H,1H3,(H,14,15)/b9-5+. The molecule has 1 N–H and O–H groups in total. The Morgan fingerprint density at radius 2 is 2.24 bits per heavy atom. The predicted molar refractivity (Wildman–Crippen MR) is 59.1 cm³/mol. The fraction of sp³-hybridized carbons (Fsp3) is 0.0909. The van der Waals surface area contributed by atoms with E-state index in [1.807, 2.05) is 0 Å². The van der Waals surface area contributed by atoms with Crippen LogP contribution >= 0.6 is 0 Å². The molecule has 0 aliphatic carbocycles. The van der Waals surface area contributed by atoms with Gasteiger partial charge in [0.05, 0.1) is 4.92 Å². The highest BCUT2D eigenvalue weighted by Gasteiger charge is 2.13. The highest BCUT2D eigenvalue weighted by Crippen LogP contribution is 2.22. The molecule has 0 radical (unpaired) electrons. The van der Waals surface area contributed by atoms with E-state index in [0.717, 1.165) is 6.08 Å². The molecule has 0 amide bonds. The van der Waals surface area contributed by atoms with E-state index < -0.39 is 16.5 Å². The maximum absolute atomic E-state index is 10.7. The van der Waals surface area contributed by atoms with E-state index in [9.17, 15) is 14.9 Å². The fourth-order valence-corrected chi connectivity index (χ4v) is 1.29. The first kappa shape index (κ1) is 12.4. The predicted octanol–water partition coefficient (Wildman–Crippen LogP) is 1.89. The molecule has 1 aromatic rings. The number of nitriles is 1. The van der Waals surface area contributed by atoms with Crippen molar-refractivity contribution in [3.05, 3.63) is 45.0 Å². The van der Waals surface area contributed by atoms with Crippen LogP contribution in [0.4, 0.5) is 5.69 Å². The van der Waals surface area contributed by atoms with Gasteiger partial charge in [0.1, 0.15) is 11.6 Å². The van der Waals surface area contributed by atoms with Crippen LogP contribution in [0.3, 0.4) is 0 Å². The van der Waals surface area contributed by atoms with Gasteiger partial charge >= 0.3 is 5.97 Å². The summed E-state index contributed by atoms with van der Waals surface area (Å²) in [6.07, 6.45) is 1.12. The third-order valence-electron chi connectivity index (χ3n) is 2.19. The summed E-state index contributed by atoms with van der Waals surface area (Å²) >= 11 is 0. The Labute approximate surface area is 96.6 Å². The smallest absolute Gasteiger partial charge is 0.346 e. The van der Waals surface area contributed by atoms with E-state index >= 15 is 0 Å². The normalized spacial score (nSPS) is 10.7. The van der Waals surface area contributed by atoms with Crippen molar-refractivity contribution in [2.45, 2.75) is 6.92 Å². The molecule has 0 saturated carbocycles. The second-order valence-electron chi connectivity index (χ2n) is 3.22. The van der Waals surface area contributed by atoms with Gasteiger partial charge in [-0.05, 0) is 18.6 Å². The van der Waals surface area contributed by atoms with Crippen LogP contribution in [0, 0.1) is 28.4 Å². The summed E-state index contributed by atoms with van der Waals surface area (Å²) in [7, 11) is 0. The topological polar surface area (TPSA) is 104 Å². The zero-order valence-electron chi connectivity index (χ0n) is 8.88. The summed E-state index contributed by atoms with van der Waals surface area (Å²) in [4.78, 5) is 20.8. The SMILES string of the molecule is Cc1c(/C=C(\C#N)C(=O)O)cccc1[N+](=O)[O-]. The van der Waals surface area contributed by atoms with Crippen LogP contribution < -0.4 is 0 Å². The molecule has 0 unspecified atom stereocenters. The molecule has 0 saturated heterocycles. The minimum atomic E-state index is -1.36. The Morgan fingerprint density at radius 1 is 1.59 bits per heavy atom. The lowest BCUT2D eigenvalue weighted by Gasteiger charge is -2.01. The minimum absolute atomic E-state index is 0.110. The van der Waals surface area contributed by atoms with Gasteiger partial charge in [-0.2, -0.15) is 5.26 Å². The monoisotopic (exact) mass is 232 g/mol. The van der Waals surface area contributed by atoms with Crippen molar-refractivity contribution in [1.82, 2.24) is 0 Å². The zero-order chi connectivity index (χ0) is 13.0. The van der Waals surface area contributed by atoms with Gasteiger partial charge in [0.25, 0.3) is 5.69 Å². The molecule has 0 atom stereocenters. The molecular weight excluding hydrogens is 224 g/mol. The van der Waals surface area contributed by atoms with Gasteiger partial charge in [-0.3, -0.25) is 10.1 Å². The second kappa shape index (κ2) is 4.90. The Balaban J connectivity index is 3.35. The quantitative estimate of drug-likeness (QED) is 0.371. The maximum Gasteiger partial charge on any atom is 0.346 e. The molecule has 0 aliphatic rings. The minimum Gasteiger partial charge on any atom is -0.477 e. The van der Waals surface area contributed by atoms with Gasteiger partial charge in [0, 0.05) is 11.6 Å². The lowest BCUT2D eigenvalue weighted by molar-refractivity contribution is -0.385.